The van der Waals surface area contributed by atoms with Gasteiger partial charge in [-0.05, 0) is 38.0 Å². The van der Waals surface area contributed by atoms with Gasteiger partial charge in [0.05, 0.1) is 23.8 Å². The van der Waals surface area contributed by atoms with Gasteiger partial charge in [-0.1, -0.05) is 55.5 Å². The molecule has 2 heterocycles. The molecule has 0 saturated heterocycles. The topological polar surface area (TPSA) is 90.1 Å². The van der Waals surface area contributed by atoms with Crippen molar-refractivity contribution in [2.45, 2.75) is 45.3 Å². The lowest BCUT2D eigenvalue weighted by atomic mass is 10.0. The summed E-state index contributed by atoms with van der Waals surface area (Å²) in [5.74, 6) is 0.230. The summed E-state index contributed by atoms with van der Waals surface area (Å²) in [6.07, 6.45) is 0.787. The third-order valence-electron chi connectivity index (χ3n) is 5.89. The van der Waals surface area contributed by atoms with E-state index in [1.807, 2.05) is 62.4 Å². The summed E-state index contributed by atoms with van der Waals surface area (Å²) in [4.78, 5) is 27.6. The van der Waals surface area contributed by atoms with E-state index in [-0.39, 0.29) is 18.0 Å². The molecule has 4 rings (SSSR count). The first kappa shape index (κ1) is 20.7. The molecule has 160 valence electrons. The molecule has 0 fully saturated rings. The van der Waals surface area contributed by atoms with Crippen LogP contribution < -0.4 is 10.6 Å². The molecule has 2 aromatic carbocycles. The van der Waals surface area contributed by atoms with E-state index in [4.69, 9.17) is 0 Å². The summed E-state index contributed by atoms with van der Waals surface area (Å²) in [7, 11) is 0. The van der Waals surface area contributed by atoms with E-state index < -0.39 is 5.54 Å². The van der Waals surface area contributed by atoms with Gasteiger partial charge in [-0.3, -0.25) is 9.89 Å². The first-order valence-corrected chi connectivity index (χ1v) is 10.5. The maximum Gasteiger partial charge on any atom is 0.318 e. The Morgan fingerprint density at radius 1 is 1.10 bits per heavy atom. The number of nitrogens with zero attached hydrogens (tertiary/aromatic N) is 2. The maximum absolute atomic E-state index is 13.2. The van der Waals surface area contributed by atoms with Crippen LogP contribution in [0.3, 0.4) is 0 Å². The number of benzene rings is 2. The van der Waals surface area contributed by atoms with E-state index in [2.05, 4.69) is 27.8 Å². The van der Waals surface area contributed by atoms with Crippen LogP contribution in [0.5, 0.6) is 0 Å². The van der Waals surface area contributed by atoms with E-state index in [1.165, 1.54) is 0 Å². The van der Waals surface area contributed by atoms with Crippen LogP contribution in [0.2, 0.25) is 0 Å². The smallest absolute Gasteiger partial charge is 0.318 e. The molecule has 31 heavy (non-hydrogen) atoms. The normalized spacial score (nSPS) is 15.3. The van der Waals surface area contributed by atoms with Crippen molar-refractivity contribution >= 4 is 17.8 Å². The van der Waals surface area contributed by atoms with Crippen LogP contribution in [0, 0.1) is 0 Å². The highest BCUT2D eigenvalue weighted by atomic mass is 16.2. The molecule has 1 atom stereocenters. The summed E-state index contributed by atoms with van der Waals surface area (Å²) < 4.78 is 0. The minimum atomic E-state index is -0.586. The van der Waals surface area contributed by atoms with E-state index in [0.29, 0.717) is 17.9 Å². The van der Waals surface area contributed by atoms with Crippen molar-refractivity contribution in [2.24, 2.45) is 0 Å². The molecular formula is C24H27N5O2. The zero-order valence-electron chi connectivity index (χ0n) is 18.0. The molecule has 0 saturated carbocycles. The molecular weight excluding hydrogens is 390 g/mol. The Kier molecular flexibility index (Phi) is 5.50. The van der Waals surface area contributed by atoms with Crippen molar-refractivity contribution in [3.05, 3.63) is 83.0 Å². The van der Waals surface area contributed by atoms with Gasteiger partial charge in [-0.2, -0.15) is 5.10 Å². The maximum atomic E-state index is 13.2. The molecule has 0 spiro atoms. The number of amides is 3. The molecule has 0 bridgehead atoms. The standard InChI is InChI=1S/C24H27N5O2/c1-4-19(16-11-7-5-8-12-16)25-23(31)29-15-18-20(24(29,2)3)27-28-21(18)26-22(30)17-13-9-6-10-14-17/h5-14,19H,4,15H2,1-3H3,(H,25,31)(H2,26,27,28,30). The summed E-state index contributed by atoms with van der Waals surface area (Å²) in [5.41, 5.74) is 2.71. The fraction of sp³-hybridized carbons (Fsp3) is 0.292. The lowest BCUT2D eigenvalue weighted by molar-refractivity contribution is 0.102. The first-order chi connectivity index (χ1) is 14.9. The third-order valence-corrected chi connectivity index (χ3v) is 5.89. The minimum absolute atomic E-state index is 0.0705. The number of hydrogen-bond acceptors (Lipinski definition) is 3. The van der Waals surface area contributed by atoms with E-state index in [1.54, 1.807) is 17.0 Å². The van der Waals surface area contributed by atoms with Gasteiger partial charge in [0.2, 0.25) is 0 Å². The Morgan fingerprint density at radius 3 is 2.39 bits per heavy atom. The van der Waals surface area contributed by atoms with Gasteiger partial charge in [-0.25, -0.2) is 4.79 Å². The first-order valence-electron chi connectivity index (χ1n) is 10.5. The highest BCUT2D eigenvalue weighted by Gasteiger charge is 2.44. The number of aromatic amines is 1. The molecule has 1 aliphatic rings. The number of hydrogen-bond donors (Lipinski definition) is 3. The summed E-state index contributed by atoms with van der Waals surface area (Å²) in [6.45, 7) is 6.36. The van der Waals surface area contributed by atoms with Crippen LogP contribution in [0.25, 0.3) is 0 Å². The number of nitrogens with one attached hydrogen (secondary N) is 3. The number of urea groups is 1. The fourth-order valence-electron chi connectivity index (χ4n) is 4.05. The van der Waals surface area contributed by atoms with E-state index >= 15 is 0 Å². The molecule has 7 nitrogen and oxygen atoms in total. The Balaban J connectivity index is 1.52. The lowest BCUT2D eigenvalue weighted by Crippen LogP contribution is -2.47. The van der Waals surface area contributed by atoms with Gasteiger partial charge in [0.1, 0.15) is 0 Å². The predicted octanol–water partition coefficient (Wildman–Crippen LogP) is 4.57. The largest absolute Gasteiger partial charge is 0.331 e. The van der Waals surface area contributed by atoms with Crippen LogP contribution in [-0.2, 0) is 12.1 Å². The number of carbonyl (C=O) groups is 2. The molecule has 7 heteroatoms. The van der Waals surface area contributed by atoms with Crippen LogP contribution in [-0.4, -0.2) is 27.0 Å². The summed E-state index contributed by atoms with van der Waals surface area (Å²) in [5, 5.41) is 13.4. The van der Waals surface area contributed by atoms with E-state index in [9.17, 15) is 9.59 Å². The molecule has 3 aromatic rings. The monoisotopic (exact) mass is 417 g/mol. The minimum Gasteiger partial charge on any atom is -0.331 e. The summed E-state index contributed by atoms with van der Waals surface area (Å²) in [6, 6.07) is 18.7. The lowest BCUT2D eigenvalue weighted by Gasteiger charge is -2.33. The fourth-order valence-corrected chi connectivity index (χ4v) is 4.05. The highest BCUT2D eigenvalue weighted by molar-refractivity contribution is 6.04. The zero-order valence-corrected chi connectivity index (χ0v) is 18.0. The number of aromatic nitrogens is 2. The Bertz CT molecular complexity index is 1080. The van der Waals surface area contributed by atoms with Crippen molar-refractivity contribution < 1.29 is 9.59 Å². The Labute approximate surface area is 181 Å². The van der Waals surface area contributed by atoms with Crippen LogP contribution in [0.15, 0.2) is 60.7 Å². The van der Waals surface area contributed by atoms with Crippen molar-refractivity contribution in [3.63, 3.8) is 0 Å². The molecule has 1 unspecified atom stereocenters. The molecule has 1 aliphatic heterocycles. The predicted molar refractivity (Wildman–Crippen MR) is 120 cm³/mol. The van der Waals surface area contributed by atoms with Gasteiger partial charge >= 0.3 is 6.03 Å². The number of fused-ring (bicyclic) bond motifs is 1. The van der Waals surface area contributed by atoms with Crippen molar-refractivity contribution in [1.82, 2.24) is 20.4 Å². The SMILES string of the molecule is CCC(NC(=O)N1Cc2c(NC(=O)c3ccccc3)n[nH]c2C1(C)C)c1ccccc1. The van der Waals surface area contributed by atoms with Crippen LogP contribution in [0.1, 0.15) is 60.4 Å². The van der Waals surface area contributed by atoms with Crippen molar-refractivity contribution in [2.75, 3.05) is 5.32 Å². The average molecular weight is 418 g/mol. The second-order valence-corrected chi connectivity index (χ2v) is 8.21. The highest BCUT2D eigenvalue weighted by Crippen LogP contribution is 2.40. The van der Waals surface area contributed by atoms with Crippen molar-refractivity contribution in [3.8, 4) is 0 Å². The van der Waals surface area contributed by atoms with Gasteiger partial charge in [-0.15, -0.1) is 0 Å². The molecule has 0 aliphatic carbocycles. The van der Waals surface area contributed by atoms with Gasteiger partial charge in [0, 0.05) is 11.1 Å². The number of rotatable bonds is 5. The zero-order chi connectivity index (χ0) is 22.0. The Hall–Kier alpha value is -3.61. The number of H-pyrrole nitrogens is 1. The number of carbonyl (C=O) groups excluding carboxylic acids is 2. The average Bonchev–Trinajstić information content (AvgIpc) is 3.31. The van der Waals surface area contributed by atoms with Gasteiger partial charge < -0.3 is 15.5 Å². The van der Waals surface area contributed by atoms with Gasteiger partial charge in [0.25, 0.3) is 5.91 Å². The van der Waals surface area contributed by atoms with Gasteiger partial charge in [0.15, 0.2) is 5.82 Å². The van der Waals surface area contributed by atoms with Crippen LogP contribution >= 0.6 is 0 Å². The molecule has 1 aromatic heterocycles. The summed E-state index contributed by atoms with van der Waals surface area (Å²) >= 11 is 0. The van der Waals surface area contributed by atoms with E-state index in [0.717, 1.165) is 23.2 Å². The van der Waals surface area contributed by atoms with Crippen molar-refractivity contribution in [1.29, 1.82) is 0 Å². The number of anilines is 1. The molecule has 3 amide bonds. The van der Waals surface area contributed by atoms with Crippen LogP contribution in [0.4, 0.5) is 10.6 Å². The molecule has 3 N–H and O–H groups in total. The second kappa shape index (κ2) is 8.26. The third kappa shape index (κ3) is 3.91. The quantitative estimate of drug-likeness (QED) is 0.568. The Morgan fingerprint density at radius 2 is 1.74 bits per heavy atom. The second-order valence-electron chi connectivity index (χ2n) is 8.21. The molecule has 0 radical (unpaired) electrons.